The zero-order valence-corrected chi connectivity index (χ0v) is 20.1. The van der Waals surface area contributed by atoms with Crippen LogP contribution in [0.1, 0.15) is 82.6 Å². The van der Waals surface area contributed by atoms with E-state index in [2.05, 4.69) is 18.2 Å². The quantitative estimate of drug-likeness (QED) is 0.292. The number of rotatable bonds is 12. The number of esters is 1. The van der Waals surface area contributed by atoms with Crippen LogP contribution in [0.25, 0.3) is 10.1 Å². The summed E-state index contributed by atoms with van der Waals surface area (Å²) in [6.45, 7) is 3.72. The van der Waals surface area contributed by atoms with Crippen LogP contribution in [-0.2, 0) is 9.53 Å². The second kappa shape index (κ2) is 12.1. The smallest absolute Gasteiger partial charge is 0.306 e. The van der Waals surface area contributed by atoms with Gasteiger partial charge in [-0.1, -0.05) is 37.5 Å². The number of ether oxygens (including phenoxy) is 1. The van der Waals surface area contributed by atoms with E-state index in [9.17, 15) is 20.1 Å². The Labute approximate surface area is 195 Å². The van der Waals surface area contributed by atoms with Crippen LogP contribution in [0.2, 0.25) is 0 Å². The summed E-state index contributed by atoms with van der Waals surface area (Å²) in [5.41, 5.74) is 0. The Morgan fingerprint density at radius 2 is 1.75 bits per heavy atom. The van der Waals surface area contributed by atoms with Gasteiger partial charge in [0.1, 0.15) is 0 Å². The monoisotopic (exact) mass is 462 g/mol. The molecule has 178 valence electrons. The Morgan fingerprint density at radius 3 is 2.47 bits per heavy atom. The number of benzene rings is 1. The van der Waals surface area contributed by atoms with Crippen molar-refractivity contribution in [1.29, 1.82) is 0 Å². The molecule has 0 radical (unpaired) electrons. The van der Waals surface area contributed by atoms with Gasteiger partial charge in [0.05, 0.1) is 24.4 Å². The van der Waals surface area contributed by atoms with Crippen LogP contribution in [0.5, 0.6) is 0 Å². The third kappa shape index (κ3) is 7.01. The van der Waals surface area contributed by atoms with Gasteiger partial charge in [-0.2, -0.15) is 0 Å². The molecule has 1 fully saturated rings. The van der Waals surface area contributed by atoms with E-state index in [-0.39, 0.29) is 23.9 Å². The number of unbranched alkanes of at least 4 members (excludes halogenated alkanes) is 3. The van der Waals surface area contributed by atoms with Crippen molar-refractivity contribution in [2.45, 2.75) is 96.1 Å². The highest BCUT2D eigenvalue weighted by atomic mass is 32.1. The number of hydrogen-bond donors (Lipinski definition) is 3. The van der Waals surface area contributed by atoms with Crippen LogP contribution in [0.3, 0.4) is 0 Å². The first-order chi connectivity index (χ1) is 15.3. The first kappa shape index (κ1) is 25.2. The number of fused-ring (bicyclic) bond motifs is 1. The molecule has 2 aromatic rings. The first-order valence-corrected chi connectivity index (χ1v) is 12.9. The number of aliphatic hydroxyl groups excluding tert-OH is 3. The molecule has 0 aliphatic heterocycles. The fourth-order valence-corrected chi connectivity index (χ4v) is 6.05. The molecule has 1 saturated carbocycles. The molecule has 0 saturated heterocycles. The van der Waals surface area contributed by atoms with Gasteiger partial charge in [0.25, 0.3) is 0 Å². The average Bonchev–Trinajstić information content (AvgIpc) is 3.29. The van der Waals surface area contributed by atoms with Gasteiger partial charge in [0, 0.05) is 16.0 Å². The molecule has 3 rings (SSSR count). The minimum atomic E-state index is -0.538. The lowest BCUT2D eigenvalue weighted by Gasteiger charge is -2.24. The molecular weight excluding hydrogens is 424 g/mol. The van der Waals surface area contributed by atoms with Gasteiger partial charge in [-0.3, -0.25) is 4.79 Å². The molecule has 3 N–H and O–H groups in total. The largest absolute Gasteiger partial charge is 0.463 e. The van der Waals surface area contributed by atoms with Crippen molar-refractivity contribution < 1.29 is 24.9 Å². The zero-order valence-electron chi connectivity index (χ0n) is 19.3. The van der Waals surface area contributed by atoms with Crippen molar-refractivity contribution >= 4 is 27.4 Å². The van der Waals surface area contributed by atoms with Gasteiger partial charge < -0.3 is 20.1 Å². The summed E-state index contributed by atoms with van der Waals surface area (Å²) < 4.78 is 6.33. The molecule has 0 amide bonds. The van der Waals surface area contributed by atoms with Crippen LogP contribution >= 0.6 is 11.3 Å². The molecule has 1 aliphatic carbocycles. The van der Waals surface area contributed by atoms with E-state index < -0.39 is 18.3 Å². The van der Waals surface area contributed by atoms with Crippen molar-refractivity contribution in [3.63, 3.8) is 0 Å². The maximum absolute atomic E-state index is 11.6. The highest BCUT2D eigenvalue weighted by Crippen LogP contribution is 2.41. The van der Waals surface area contributed by atoms with Crippen LogP contribution in [0.4, 0.5) is 0 Å². The van der Waals surface area contributed by atoms with Gasteiger partial charge in [-0.25, -0.2) is 0 Å². The van der Waals surface area contributed by atoms with Crippen molar-refractivity contribution in [3.8, 4) is 0 Å². The predicted octanol–water partition coefficient (Wildman–Crippen LogP) is 5.37. The maximum atomic E-state index is 11.6. The normalized spacial score (nSPS) is 24.3. The van der Waals surface area contributed by atoms with Crippen LogP contribution in [-0.4, -0.2) is 39.6 Å². The lowest BCUT2D eigenvalue weighted by atomic mass is 9.84. The highest BCUT2D eigenvalue weighted by Gasteiger charge is 2.40. The third-order valence-corrected chi connectivity index (χ3v) is 7.82. The van der Waals surface area contributed by atoms with Gasteiger partial charge in [-0.05, 0) is 75.3 Å². The Morgan fingerprint density at radius 1 is 1.06 bits per heavy atom. The summed E-state index contributed by atoms with van der Waals surface area (Å²) in [4.78, 5) is 12.6. The van der Waals surface area contributed by atoms with Gasteiger partial charge in [0.15, 0.2) is 0 Å². The second-order valence-electron chi connectivity index (χ2n) is 9.47. The topological polar surface area (TPSA) is 87.0 Å². The summed E-state index contributed by atoms with van der Waals surface area (Å²) in [5.74, 6) is -0.0350. The number of carbonyl (C=O) groups excluding carboxylic acids is 1. The lowest BCUT2D eigenvalue weighted by molar-refractivity contribution is -0.147. The molecule has 32 heavy (non-hydrogen) atoms. The Balaban J connectivity index is 1.42. The highest BCUT2D eigenvalue weighted by molar-refractivity contribution is 7.19. The zero-order chi connectivity index (χ0) is 23.1. The van der Waals surface area contributed by atoms with Crippen LogP contribution in [0.15, 0.2) is 30.3 Å². The summed E-state index contributed by atoms with van der Waals surface area (Å²) >= 11 is 1.62. The minimum absolute atomic E-state index is 0.0232. The van der Waals surface area contributed by atoms with Gasteiger partial charge in [0.2, 0.25) is 0 Å². The Kier molecular flexibility index (Phi) is 9.53. The predicted molar refractivity (Wildman–Crippen MR) is 129 cm³/mol. The molecule has 1 unspecified atom stereocenters. The summed E-state index contributed by atoms with van der Waals surface area (Å²) in [6, 6.07) is 10.2. The molecule has 1 aromatic carbocycles. The molecule has 6 heteroatoms. The van der Waals surface area contributed by atoms with Gasteiger partial charge in [-0.15, -0.1) is 11.3 Å². The van der Waals surface area contributed by atoms with E-state index in [1.807, 2.05) is 26.0 Å². The van der Waals surface area contributed by atoms with Crippen molar-refractivity contribution in [3.05, 3.63) is 35.2 Å². The number of carbonyl (C=O) groups is 1. The maximum Gasteiger partial charge on any atom is 0.306 e. The van der Waals surface area contributed by atoms with E-state index in [1.165, 1.54) is 4.70 Å². The molecule has 1 aromatic heterocycles. The summed E-state index contributed by atoms with van der Waals surface area (Å²) in [6.07, 6.45) is 5.25. The van der Waals surface area contributed by atoms with Crippen molar-refractivity contribution in [1.82, 2.24) is 0 Å². The fraction of sp³-hybridized carbons (Fsp3) is 0.654. The van der Waals surface area contributed by atoms with E-state index in [1.54, 1.807) is 11.3 Å². The number of hydrogen-bond acceptors (Lipinski definition) is 6. The van der Waals surface area contributed by atoms with Gasteiger partial charge >= 0.3 is 5.97 Å². The SMILES string of the molecule is CC(C)OC(=O)CCCCCCC1[C@@H](CC[C@@H](O)c2cc3ccccc3s2)[C@H](O)C[C@@H]1O. The Bertz CT molecular complexity index is 815. The molecule has 1 heterocycles. The standard InChI is InChI=1S/C26H38O5S/c1-17(2)31-26(30)12-6-4-3-5-10-19-20(23(29)16-22(19)28)13-14-21(27)25-15-18-9-7-8-11-24(18)32-25/h7-9,11,15,17,19-23,27-29H,3-6,10,12-14,16H2,1-2H3/t19?,20-,21-,22+,23-/m1/s1. The Hall–Kier alpha value is -1.47. The fourth-order valence-electron chi connectivity index (χ4n) is 4.96. The summed E-state index contributed by atoms with van der Waals surface area (Å²) in [7, 11) is 0. The molecule has 5 nitrogen and oxygen atoms in total. The van der Waals surface area contributed by atoms with E-state index in [0.717, 1.165) is 42.4 Å². The van der Waals surface area contributed by atoms with Crippen LogP contribution < -0.4 is 0 Å². The molecule has 5 atom stereocenters. The number of thiophene rings is 1. The lowest BCUT2D eigenvalue weighted by Crippen LogP contribution is -2.23. The molecule has 0 spiro atoms. The number of aliphatic hydroxyl groups is 3. The minimum Gasteiger partial charge on any atom is -0.463 e. The second-order valence-corrected chi connectivity index (χ2v) is 10.6. The van der Waals surface area contributed by atoms with Crippen molar-refractivity contribution in [2.24, 2.45) is 11.8 Å². The van der Waals surface area contributed by atoms with Crippen LogP contribution in [0, 0.1) is 11.8 Å². The van der Waals surface area contributed by atoms with E-state index in [4.69, 9.17) is 4.74 Å². The first-order valence-electron chi connectivity index (χ1n) is 12.1. The average molecular weight is 463 g/mol. The van der Waals surface area contributed by atoms with E-state index >= 15 is 0 Å². The molecular formula is C26H38O5S. The molecule has 0 bridgehead atoms. The molecule has 1 aliphatic rings. The third-order valence-electron chi connectivity index (χ3n) is 6.60. The van der Waals surface area contributed by atoms with E-state index in [0.29, 0.717) is 25.7 Å². The van der Waals surface area contributed by atoms with Crippen molar-refractivity contribution in [2.75, 3.05) is 0 Å². The summed E-state index contributed by atoms with van der Waals surface area (Å²) in [5, 5.41) is 32.9.